The molecule has 4 N–H and O–H groups in total. The van der Waals surface area contributed by atoms with Gasteiger partial charge in [-0.2, -0.15) is 0 Å². The van der Waals surface area contributed by atoms with Crippen molar-refractivity contribution in [3.8, 4) is 0 Å². The first kappa shape index (κ1) is 17.0. The van der Waals surface area contributed by atoms with Crippen LogP contribution in [0, 0.1) is 5.82 Å². The molecule has 0 radical (unpaired) electrons. The molecule has 21 heavy (non-hydrogen) atoms. The van der Waals surface area contributed by atoms with Gasteiger partial charge in [-0.15, -0.1) is 11.8 Å². The predicted octanol–water partition coefficient (Wildman–Crippen LogP) is 0.753. The molecular formula is C13H15FN2O4S. The Morgan fingerprint density at radius 3 is 2.57 bits per heavy atom. The standard InChI is InChI=1S/C13H15FN2O4S/c14-8-3-1-2-4-10(8)21-7-12(18)16-9(13(19)20)5-6-11(15)17/h1-4,9H,5-7H2,(H2,15,17)(H,16,18)(H,19,20)/t9-/m1/s1. The van der Waals surface area contributed by atoms with Gasteiger partial charge in [-0.25, -0.2) is 9.18 Å². The van der Waals surface area contributed by atoms with Crippen LogP contribution in [0.3, 0.4) is 0 Å². The van der Waals surface area contributed by atoms with Crippen LogP contribution in [0.4, 0.5) is 4.39 Å². The number of rotatable bonds is 8. The molecule has 0 saturated heterocycles. The second-order valence-corrected chi connectivity index (χ2v) is 5.20. The van der Waals surface area contributed by atoms with E-state index in [0.717, 1.165) is 11.8 Å². The maximum Gasteiger partial charge on any atom is 0.326 e. The van der Waals surface area contributed by atoms with E-state index in [4.69, 9.17) is 10.8 Å². The number of carbonyl (C=O) groups is 3. The first-order valence-electron chi connectivity index (χ1n) is 6.08. The third-order valence-corrected chi connectivity index (χ3v) is 3.56. The number of carboxylic acids is 1. The molecule has 0 heterocycles. The van der Waals surface area contributed by atoms with Crippen molar-refractivity contribution in [2.45, 2.75) is 23.8 Å². The molecule has 1 rings (SSSR count). The van der Waals surface area contributed by atoms with E-state index in [1.807, 2.05) is 0 Å². The molecule has 6 nitrogen and oxygen atoms in total. The summed E-state index contributed by atoms with van der Waals surface area (Å²) < 4.78 is 13.3. The number of nitrogens with two attached hydrogens (primary N) is 1. The molecule has 0 aliphatic heterocycles. The molecule has 114 valence electrons. The molecule has 0 fully saturated rings. The molecule has 2 amide bonds. The Labute approximate surface area is 124 Å². The third kappa shape index (κ3) is 6.26. The Morgan fingerprint density at radius 2 is 2.00 bits per heavy atom. The average molecular weight is 314 g/mol. The van der Waals surface area contributed by atoms with E-state index in [2.05, 4.69) is 5.32 Å². The lowest BCUT2D eigenvalue weighted by Crippen LogP contribution is -2.42. The zero-order valence-corrected chi connectivity index (χ0v) is 11.9. The molecule has 0 aliphatic rings. The van der Waals surface area contributed by atoms with Crippen molar-refractivity contribution < 1.29 is 23.9 Å². The highest BCUT2D eigenvalue weighted by molar-refractivity contribution is 8.00. The summed E-state index contributed by atoms with van der Waals surface area (Å²) in [5.41, 5.74) is 4.93. The van der Waals surface area contributed by atoms with Crippen LogP contribution in [0.1, 0.15) is 12.8 Å². The fourth-order valence-corrected chi connectivity index (χ4v) is 2.24. The number of carbonyl (C=O) groups excluding carboxylic acids is 2. The Hall–Kier alpha value is -2.09. The van der Waals surface area contributed by atoms with Gasteiger partial charge < -0.3 is 16.2 Å². The lowest BCUT2D eigenvalue weighted by atomic mass is 10.1. The summed E-state index contributed by atoms with van der Waals surface area (Å²) in [6, 6.07) is 4.77. The average Bonchev–Trinajstić information content (AvgIpc) is 2.42. The number of halogens is 1. The summed E-state index contributed by atoms with van der Waals surface area (Å²) >= 11 is 0.962. The number of thioether (sulfide) groups is 1. The van der Waals surface area contributed by atoms with Gasteiger partial charge in [-0.3, -0.25) is 9.59 Å². The van der Waals surface area contributed by atoms with Crippen molar-refractivity contribution in [2.75, 3.05) is 5.75 Å². The predicted molar refractivity (Wildman–Crippen MR) is 75.1 cm³/mol. The number of hydrogen-bond donors (Lipinski definition) is 3. The van der Waals surface area contributed by atoms with Crippen molar-refractivity contribution in [1.29, 1.82) is 0 Å². The molecular weight excluding hydrogens is 299 g/mol. The van der Waals surface area contributed by atoms with E-state index < -0.39 is 29.6 Å². The normalized spacial score (nSPS) is 11.7. The first-order valence-corrected chi connectivity index (χ1v) is 7.06. The van der Waals surface area contributed by atoms with Crippen LogP contribution in [-0.4, -0.2) is 34.7 Å². The van der Waals surface area contributed by atoms with Crippen LogP contribution in [0.5, 0.6) is 0 Å². The molecule has 1 aromatic carbocycles. The smallest absolute Gasteiger partial charge is 0.326 e. The molecule has 0 spiro atoms. The second kappa shape index (κ2) is 8.25. The van der Waals surface area contributed by atoms with Gasteiger partial charge in [0.15, 0.2) is 0 Å². The number of hydrogen-bond acceptors (Lipinski definition) is 4. The van der Waals surface area contributed by atoms with Crippen LogP contribution in [-0.2, 0) is 14.4 Å². The van der Waals surface area contributed by atoms with Crippen LogP contribution >= 0.6 is 11.8 Å². The molecule has 0 unspecified atom stereocenters. The maximum absolute atomic E-state index is 13.3. The Balaban J connectivity index is 2.49. The Morgan fingerprint density at radius 1 is 1.33 bits per heavy atom. The summed E-state index contributed by atoms with van der Waals surface area (Å²) in [5.74, 6) is -3.02. The fraction of sp³-hybridized carbons (Fsp3) is 0.308. The zero-order valence-electron chi connectivity index (χ0n) is 11.0. The minimum absolute atomic E-state index is 0.0826. The highest BCUT2D eigenvalue weighted by Gasteiger charge is 2.20. The molecule has 0 aromatic heterocycles. The SMILES string of the molecule is NC(=O)CC[C@@H](NC(=O)CSc1ccccc1F)C(=O)O. The van der Waals surface area contributed by atoms with Crippen LogP contribution in [0.25, 0.3) is 0 Å². The Bertz CT molecular complexity index is 539. The quantitative estimate of drug-likeness (QED) is 0.614. The number of primary amides is 1. The van der Waals surface area contributed by atoms with E-state index in [0.29, 0.717) is 4.90 Å². The van der Waals surface area contributed by atoms with Crippen molar-refractivity contribution >= 4 is 29.5 Å². The van der Waals surface area contributed by atoms with E-state index >= 15 is 0 Å². The van der Waals surface area contributed by atoms with Crippen LogP contribution < -0.4 is 11.1 Å². The summed E-state index contributed by atoms with van der Waals surface area (Å²) in [4.78, 5) is 33.5. The summed E-state index contributed by atoms with van der Waals surface area (Å²) in [6.07, 6.45) is -0.224. The molecule has 8 heteroatoms. The number of benzene rings is 1. The second-order valence-electron chi connectivity index (χ2n) is 4.18. The van der Waals surface area contributed by atoms with Crippen molar-refractivity contribution in [3.63, 3.8) is 0 Å². The van der Waals surface area contributed by atoms with Gasteiger partial charge >= 0.3 is 5.97 Å². The molecule has 0 bridgehead atoms. The van der Waals surface area contributed by atoms with Crippen LogP contribution in [0.2, 0.25) is 0 Å². The van der Waals surface area contributed by atoms with Gasteiger partial charge in [0.2, 0.25) is 11.8 Å². The van der Waals surface area contributed by atoms with Crippen molar-refractivity contribution in [2.24, 2.45) is 5.73 Å². The monoisotopic (exact) mass is 314 g/mol. The topological polar surface area (TPSA) is 109 Å². The highest BCUT2D eigenvalue weighted by Crippen LogP contribution is 2.20. The van der Waals surface area contributed by atoms with E-state index in [9.17, 15) is 18.8 Å². The van der Waals surface area contributed by atoms with Gasteiger partial charge in [0.1, 0.15) is 11.9 Å². The lowest BCUT2D eigenvalue weighted by molar-refractivity contribution is -0.141. The summed E-state index contributed by atoms with van der Waals surface area (Å²) in [6.45, 7) is 0. The number of amides is 2. The van der Waals surface area contributed by atoms with Crippen molar-refractivity contribution in [1.82, 2.24) is 5.32 Å². The van der Waals surface area contributed by atoms with Gasteiger partial charge in [-0.05, 0) is 18.6 Å². The van der Waals surface area contributed by atoms with Gasteiger partial charge in [0.25, 0.3) is 0 Å². The van der Waals surface area contributed by atoms with E-state index in [1.54, 1.807) is 6.07 Å². The number of carboxylic acid groups (broad SMARTS) is 1. The minimum Gasteiger partial charge on any atom is -0.480 e. The third-order valence-electron chi connectivity index (χ3n) is 2.51. The van der Waals surface area contributed by atoms with Crippen molar-refractivity contribution in [3.05, 3.63) is 30.1 Å². The maximum atomic E-state index is 13.3. The Kier molecular flexibility index (Phi) is 6.67. The van der Waals surface area contributed by atoms with E-state index in [1.165, 1.54) is 18.2 Å². The summed E-state index contributed by atoms with van der Waals surface area (Å²) in [7, 11) is 0. The van der Waals surface area contributed by atoms with Gasteiger partial charge in [0.05, 0.1) is 5.75 Å². The van der Waals surface area contributed by atoms with E-state index in [-0.39, 0.29) is 18.6 Å². The van der Waals surface area contributed by atoms with Gasteiger partial charge in [-0.1, -0.05) is 12.1 Å². The fourth-order valence-electron chi connectivity index (χ4n) is 1.49. The molecule has 0 aliphatic carbocycles. The molecule has 1 atom stereocenters. The molecule has 1 aromatic rings. The highest BCUT2D eigenvalue weighted by atomic mass is 32.2. The lowest BCUT2D eigenvalue weighted by Gasteiger charge is -2.13. The van der Waals surface area contributed by atoms with Gasteiger partial charge in [0, 0.05) is 11.3 Å². The number of nitrogens with one attached hydrogen (secondary N) is 1. The largest absolute Gasteiger partial charge is 0.480 e. The minimum atomic E-state index is -1.25. The summed E-state index contributed by atoms with van der Waals surface area (Å²) in [5, 5.41) is 11.2. The number of aliphatic carboxylic acids is 1. The first-order chi connectivity index (χ1) is 9.90. The molecule has 0 saturated carbocycles. The zero-order chi connectivity index (χ0) is 15.8. The van der Waals surface area contributed by atoms with Crippen LogP contribution in [0.15, 0.2) is 29.2 Å².